The van der Waals surface area contributed by atoms with Crippen LogP contribution in [0.4, 0.5) is 10.1 Å². The fraction of sp³-hybridized carbons (Fsp3) is 0.500. The number of rotatable bonds is 6. The summed E-state index contributed by atoms with van der Waals surface area (Å²) in [5.41, 5.74) is 2.16. The van der Waals surface area contributed by atoms with E-state index in [4.69, 9.17) is 0 Å². The highest BCUT2D eigenvalue weighted by molar-refractivity contribution is 7.97. The molecule has 0 aliphatic carbocycles. The van der Waals surface area contributed by atoms with Crippen LogP contribution in [0.5, 0.6) is 0 Å². The minimum absolute atomic E-state index is 0.188. The van der Waals surface area contributed by atoms with Gasteiger partial charge in [0.25, 0.3) is 0 Å². The van der Waals surface area contributed by atoms with E-state index in [2.05, 4.69) is 36.1 Å². The minimum Gasteiger partial charge on any atom is -0.369 e. The van der Waals surface area contributed by atoms with Gasteiger partial charge in [-0.15, -0.1) is 0 Å². The standard InChI is InChI=1S/C20H26FN5OS/c1-23-15-18(22-27)20-19(28-23)7-10-26(20)9-2-8-24-11-13-25(14-12-24)17-5-3-16(21)4-6-17/h3-7,10,18H,2,8-9,11-15H2,1H3. The highest BCUT2D eigenvalue weighted by Crippen LogP contribution is 2.38. The third-order valence-electron chi connectivity index (χ3n) is 5.53. The molecule has 28 heavy (non-hydrogen) atoms. The molecule has 0 amide bonds. The van der Waals surface area contributed by atoms with E-state index in [-0.39, 0.29) is 11.9 Å². The molecule has 6 nitrogen and oxygen atoms in total. The second-order valence-electron chi connectivity index (χ2n) is 7.44. The van der Waals surface area contributed by atoms with Crippen molar-refractivity contribution < 1.29 is 4.39 Å². The Kier molecular flexibility index (Phi) is 5.99. The van der Waals surface area contributed by atoms with Gasteiger partial charge in [-0.25, -0.2) is 8.70 Å². The Hall–Kier alpha value is -1.90. The number of nitroso groups, excluding NO2 is 1. The Morgan fingerprint density at radius 1 is 1.11 bits per heavy atom. The largest absolute Gasteiger partial charge is 0.369 e. The molecular formula is C20H26FN5OS. The lowest BCUT2D eigenvalue weighted by atomic mass is 10.2. The molecule has 2 aromatic rings. The maximum atomic E-state index is 13.1. The molecule has 1 aromatic carbocycles. The molecule has 2 aliphatic heterocycles. The monoisotopic (exact) mass is 403 g/mol. The van der Waals surface area contributed by atoms with Gasteiger partial charge >= 0.3 is 0 Å². The smallest absolute Gasteiger partial charge is 0.146 e. The number of likely N-dealkylation sites (N-methyl/N-ethyl adjacent to an activating group) is 1. The maximum Gasteiger partial charge on any atom is 0.146 e. The van der Waals surface area contributed by atoms with Crippen molar-refractivity contribution in [1.82, 2.24) is 13.8 Å². The SMILES string of the molecule is CN1CC(N=O)c2c(ccn2CCCN2CCN(c3ccc(F)cc3)CC2)S1. The molecule has 1 atom stereocenters. The molecule has 3 heterocycles. The second kappa shape index (κ2) is 8.63. The zero-order valence-corrected chi connectivity index (χ0v) is 16.9. The number of benzene rings is 1. The average molecular weight is 404 g/mol. The summed E-state index contributed by atoms with van der Waals surface area (Å²) in [4.78, 5) is 17.2. The summed E-state index contributed by atoms with van der Waals surface area (Å²) in [6, 6.07) is 8.57. The van der Waals surface area contributed by atoms with E-state index in [1.807, 2.05) is 19.2 Å². The molecule has 8 heteroatoms. The molecule has 4 rings (SSSR count). The molecule has 0 N–H and O–H groups in total. The first-order valence-electron chi connectivity index (χ1n) is 9.77. The molecule has 0 saturated carbocycles. The average Bonchev–Trinajstić information content (AvgIpc) is 3.11. The number of aryl methyl sites for hydroxylation is 1. The quantitative estimate of drug-likeness (QED) is 0.545. The van der Waals surface area contributed by atoms with Crippen LogP contribution in [0.1, 0.15) is 18.2 Å². The number of anilines is 1. The second-order valence-corrected chi connectivity index (χ2v) is 8.69. The minimum atomic E-state index is -0.282. The zero-order valence-electron chi connectivity index (χ0n) is 16.1. The van der Waals surface area contributed by atoms with Crippen LogP contribution in [0, 0.1) is 10.7 Å². The van der Waals surface area contributed by atoms with E-state index >= 15 is 0 Å². The molecule has 1 unspecified atom stereocenters. The Bertz CT molecular complexity index is 803. The molecule has 0 spiro atoms. The van der Waals surface area contributed by atoms with Crippen molar-refractivity contribution in [2.24, 2.45) is 5.18 Å². The normalized spacial score (nSPS) is 20.9. The number of hydrogen-bond acceptors (Lipinski definition) is 6. The van der Waals surface area contributed by atoms with Gasteiger partial charge < -0.3 is 9.47 Å². The van der Waals surface area contributed by atoms with E-state index in [1.165, 1.54) is 12.1 Å². The molecule has 1 aromatic heterocycles. The van der Waals surface area contributed by atoms with Crippen LogP contribution in [0.25, 0.3) is 0 Å². The van der Waals surface area contributed by atoms with Gasteiger partial charge in [0.2, 0.25) is 0 Å². The van der Waals surface area contributed by atoms with Gasteiger partial charge in [-0.3, -0.25) is 4.90 Å². The van der Waals surface area contributed by atoms with Gasteiger partial charge in [-0.2, -0.15) is 4.91 Å². The fourth-order valence-electron chi connectivity index (χ4n) is 4.06. The van der Waals surface area contributed by atoms with Crippen LogP contribution >= 0.6 is 11.9 Å². The third-order valence-corrected chi connectivity index (χ3v) is 6.53. The van der Waals surface area contributed by atoms with Crippen molar-refractivity contribution in [3.05, 3.63) is 52.9 Å². The first-order valence-corrected chi connectivity index (χ1v) is 10.5. The molecule has 0 bridgehead atoms. The van der Waals surface area contributed by atoms with E-state index in [9.17, 15) is 9.30 Å². The Labute approximate surface area is 169 Å². The van der Waals surface area contributed by atoms with Gasteiger partial charge in [0.1, 0.15) is 11.9 Å². The summed E-state index contributed by atoms with van der Waals surface area (Å²) in [5, 5.41) is 3.35. The van der Waals surface area contributed by atoms with E-state index in [0.29, 0.717) is 6.54 Å². The van der Waals surface area contributed by atoms with Crippen LogP contribution < -0.4 is 4.90 Å². The van der Waals surface area contributed by atoms with E-state index in [1.54, 1.807) is 11.9 Å². The fourth-order valence-corrected chi connectivity index (χ4v) is 5.08. The van der Waals surface area contributed by atoms with Crippen molar-refractivity contribution in [3.63, 3.8) is 0 Å². The summed E-state index contributed by atoms with van der Waals surface area (Å²) in [7, 11) is 1.99. The molecule has 2 aliphatic rings. The van der Waals surface area contributed by atoms with Crippen LogP contribution in [0.2, 0.25) is 0 Å². The van der Waals surface area contributed by atoms with Crippen LogP contribution in [0.15, 0.2) is 46.6 Å². The van der Waals surface area contributed by atoms with Crippen molar-refractivity contribution >= 4 is 17.6 Å². The van der Waals surface area contributed by atoms with Gasteiger partial charge in [0.05, 0.1) is 5.69 Å². The molecule has 1 fully saturated rings. The summed E-state index contributed by atoms with van der Waals surface area (Å²) in [6.45, 7) is 6.56. The third kappa shape index (κ3) is 4.24. The number of piperazine rings is 1. The summed E-state index contributed by atoms with van der Waals surface area (Å²) < 4.78 is 17.4. The highest BCUT2D eigenvalue weighted by atomic mass is 32.2. The zero-order chi connectivity index (χ0) is 19.5. The van der Waals surface area contributed by atoms with Crippen molar-refractivity contribution in [3.8, 4) is 0 Å². The topological polar surface area (TPSA) is 44.1 Å². The predicted octanol–water partition coefficient (Wildman–Crippen LogP) is 3.60. The first-order chi connectivity index (χ1) is 13.6. The lowest BCUT2D eigenvalue weighted by Gasteiger charge is -2.36. The van der Waals surface area contributed by atoms with E-state index < -0.39 is 0 Å². The molecule has 1 saturated heterocycles. The van der Waals surface area contributed by atoms with Gasteiger partial charge in [-0.1, -0.05) is 5.18 Å². The number of fused-ring (bicyclic) bond motifs is 1. The number of nitrogens with zero attached hydrogens (tertiary/aromatic N) is 5. The van der Waals surface area contributed by atoms with Gasteiger partial charge in [0.15, 0.2) is 0 Å². The lowest BCUT2D eigenvalue weighted by Crippen LogP contribution is -2.46. The Morgan fingerprint density at radius 3 is 2.57 bits per heavy atom. The molecular weight excluding hydrogens is 377 g/mol. The maximum absolute atomic E-state index is 13.1. The Morgan fingerprint density at radius 2 is 1.86 bits per heavy atom. The highest BCUT2D eigenvalue weighted by Gasteiger charge is 2.28. The number of aromatic nitrogens is 1. The van der Waals surface area contributed by atoms with Gasteiger partial charge in [0, 0.05) is 56.0 Å². The first kappa shape index (κ1) is 19.4. The van der Waals surface area contributed by atoms with Crippen molar-refractivity contribution in [1.29, 1.82) is 0 Å². The van der Waals surface area contributed by atoms with Crippen LogP contribution in [0.3, 0.4) is 0 Å². The predicted molar refractivity (Wildman–Crippen MR) is 111 cm³/mol. The summed E-state index contributed by atoms with van der Waals surface area (Å²) >= 11 is 1.69. The number of halogens is 1. The van der Waals surface area contributed by atoms with Crippen LogP contribution in [-0.4, -0.2) is 60.1 Å². The lowest BCUT2D eigenvalue weighted by molar-refractivity contribution is 0.250. The van der Waals surface area contributed by atoms with Crippen molar-refractivity contribution in [2.45, 2.75) is 23.9 Å². The number of hydrogen-bond donors (Lipinski definition) is 0. The van der Waals surface area contributed by atoms with E-state index in [0.717, 1.165) is 62.0 Å². The van der Waals surface area contributed by atoms with Gasteiger partial charge in [-0.05, 0) is 62.3 Å². The summed E-state index contributed by atoms with van der Waals surface area (Å²) in [6.07, 6.45) is 3.13. The molecule has 150 valence electrons. The molecule has 0 radical (unpaired) electrons. The summed E-state index contributed by atoms with van der Waals surface area (Å²) in [5.74, 6) is -0.188. The van der Waals surface area contributed by atoms with Crippen molar-refractivity contribution in [2.75, 3.05) is 51.2 Å². The van der Waals surface area contributed by atoms with Crippen LogP contribution in [-0.2, 0) is 6.54 Å². The Balaban J connectivity index is 1.27.